The van der Waals surface area contributed by atoms with Gasteiger partial charge in [0.25, 0.3) is 5.69 Å². The fraction of sp³-hybridized carbons (Fsp3) is 0. The van der Waals surface area contributed by atoms with Gasteiger partial charge >= 0.3 is 0 Å². The van der Waals surface area contributed by atoms with Crippen molar-refractivity contribution in [3.8, 4) is 5.75 Å². The van der Waals surface area contributed by atoms with E-state index in [1.54, 1.807) is 30.3 Å². The first-order valence-corrected chi connectivity index (χ1v) is 6.16. The van der Waals surface area contributed by atoms with Crippen molar-refractivity contribution in [2.75, 3.05) is 0 Å². The van der Waals surface area contributed by atoms with Crippen LogP contribution < -0.4 is 0 Å². The largest absolute Gasteiger partial charge is 0.508 e. The number of aromatic hydroxyl groups is 1. The van der Waals surface area contributed by atoms with Crippen LogP contribution in [0, 0.1) is 10.1 Å². The van der Waals surface area contributed by atoms with E-state index >= 15 is 0 Å². The van der Waals surface area contributed by atoms with Gasteiger partial charge in [-0.3, -0.25) is 10.1 Å². The molecule has 0 aromatic heterocycles. The van der Waals surface area contributed by atoms with Crippen molar-refractivity contribution in [1.29, 1.82) is 0 Å². The molecule has 92 valence electrons. The van der Waals surface area contributed by atoms with Gasteiger partial charge in [-0.05, 0) is 36.4 Å². The molecule has 0 heterocycles. The molecule has 1 N–H and O–H groups in total. The Bertz CT molecular complexity index is 586. The molecule has 0 spiro atoms. The lowest BCUT2D eigenvalue weighted by Gasteiger charge is -2.02. The van der Waals surface area contributed by atoms with Crippen molar-refractivity contribution >= 4 is 29.1 Å². The van der Waals surface area contributed by atoms with E-state index in [1.807, 2.05) is 0 Å². The summed E-state index contributed by atoms with van der Waals surface area (Å²) in [6.45, 7) is 0. The Hall–Kier alpha value is -1.72. The Morgan fingerprint density at radius 3 is 2.33 bits per heavy atom. The van der Waals surface area contributed by atoms with E-state index in [4.69, 9.17) is 16.7 Å². The van der Waals surface area contributed by atoms with Crippen LogP contribution in [-0.2, 0) is 0 Å². The van der Waals surface area contributed by atoms with Crippen LogP contribution in [0.25, 0.3) is 0 Å². The lowest BCUT2D eigenvalue weighted by molar-refractivity contribution is -0.384. The van der Waals surface area contributed by atoms with Crippen molar-refractivity contribution in [1.82, 2.24) is 0 Å². The highest BCUT2D eigenvalue weighted by Gasteiger charge is 2.13. The molecule has 0 aliphatic heterocycles. The third kappa shape index (κ3) is 2.94. The Morgan fingerprint density at radius 1 is 1.11 bits per heavy atom. The second-order valence-corrected chi connectivity index (χ2v) is 5.02. The molecule has 2 aromatic carbocycles. The standard InChI is InChI=1S/C12H8ClNO3S/c13-11-6-5-10(7-12(11)14(16)17)18-9-3-1-8(15)2-4-9/h1-7,15H. The average Bonchev–Trinajstić information content (AvgIpc) is 2.34. The fourth-order valence-electron chi connectivity index (χ4n) is 1.35. The predicted octanol–water partition coefficient (Wildman–Crippen LogP) is 4.11. The van der Waals surface area contributed by atoms with Crippen molar-refractivity contribution < 1.29 is 10.0 Å². The topological polar surface area (TPSA) is 63.4 Å². The van der Waals surface area contributed by atoms with Gasteiger partial charge in [-0.1, -0.05) is 23.4 Å². The third-order valence-electron chi connectivity index (χ3n) is 2.19. The van der Waals surface area contributed by atoms with E-state index in [9.17, 15) is 10.1 Å². The minimum atomic E-state index is -0.511. The Labute approximate surface area is 112 Å². The zero-order chi connectivity index (χ0) is 13.1. The summed E-state index contributed by atoms with van der Waals surface area (Å²) < 4.78 is 0. The zero-order valence-corrected chi connectivity index (χ0v) is 10.6. The number of rotatable bonds is 3. The molecule has 0 aliphatic carbocycles. The number of nitro groups is 1. The van der Waals surface area contributed by atoms with Crippen molar-refractivity contribution in [3.63, 3.8) is 0 Å². The molecule has 0 atom stereocenters. The number of phenols is 1. The quantitative estimate of drug-likeness (QED) is 0.679. The molecule has 0 saturated carbocycles. The van der Waals surface area contributed by atoms with Crippen molar-refractivity contribution in [2.45, 2.75) is 9.79 Å². The summed E-state index contributed by atoms with van der Waals surface area (Å²) in [6.07, 6.45) is 0. The van der Waals surface area contributed by atoms with Gasteiger partial charge in [-0.25, -0.2) is 0 Å². The maximum Gasteiger partial charge on any atom is 0.289 e. The molecule has 0 fully saturated rings. The van der Waals surface area contributed by atoms with E-state index in [2.05, 4.69) is 0 Å². The van der Waals surface area contributed by atoms with Gasteiger partial charge in [0.05, 0.1) is 4.92 Å². The molecule has 0 unspecified atom stereocenters. The highest BCUT2D eigenvalue weighted by Crippen LogP contribution is 2.34. The lowest BCUT2D eigenvalue weighted by atomic mass is 10.3. The van der Waals surface area contributed by atoms with Crippen LogP contribution in [0.15, 0.2) is 52.3 Å². The van der Waals surface area contributed by atoms with Crippen LogP contribution in [0.3, 0.4) is 0 Å². The first-order valence-electron chi connectivity index (χ1n) is 4.97. The summed E-state index contributed by atoms with van der Waals surface area (Å²) >= 11 is 7.09. The molecule has 2 rings (SSSR count). The Balaban J connectivity index is 2.27. The Kier molecular flexibility index (Phi) is 3.74. The molecule has 0 amide bonds. The molecule has 6 heteroatoms. The SMILES string of the molecule is O=[N+]([O-])c1cc(Sc2ccc(O)cc2)ccc1Cl. The first kappa shape index (κ1) is 12.7. The third-order valence-corrected chi connectivity index (χ3v) is 3.50. The molecule has 0 bridgehead atoms. The highest BCUT2D eigenvalue weighted by atomic mass is 35.5. The lowest BCUT2D eigenvalue weighted by Crippen LogP contribution is -1.89. The molecular formula is C12H8ClNO3S. The molecular weight excluding hydrogens is 274 g/mol. The molecule has 0 aliphatic rings. The zero-order valence-electron chi connectivity index (χ0n) is 9.04. The van der Waals surface area contributed by atoms with Gasteiger partial charge in [-0.2, -0.15) is 0 Å². The fourth-order valence-corrected chi connectivity index (χ4v) is 2.38. The molecule has 2 aromatic rings. The van der Waals surface area contributed by atoms with Gasteiger partial charge in [0.2, 0.25) is 0 Å². The van der Waals surface area contributed by atoms with Crippen LogP contribution in [0.2, 0.25) is 5.02 Å². The summed E-state index contributed by atoms with van der Waals surface area (Å²) in [7, 11) is 0. The number of hydrogen-bond acceptors (Lipinski definition) is 4. The summed E-state index contributed by atoms with van der Waals surface area (Å²) in [5, 5.41) is 20.0. The second kappa shape index (κ2) is 5.29. The minimum Gasteiger partial charge on any atom is -0.508 e. The maximum atomic E-state index is 10.7. The molecule has 0 saturated heterocycles. The van der Waals surface area contributed by atoms with E-state index in [0.29, 0.717) is 0 Å². The first-order chi connectivity index (χ1) is 8.56. The number of halogens is 1. The normalized spacial score (nSPS) is 10.3. The van der Waals surface area contributed by atoms with Gasteiger partial charge in [-0.15, -0.1) is 0 Å². The van der Waals surface area contributed by atoms with Crippen LogP contribution in [0.1, 0.15) is 0 Å². The summed E-state index contributed by atoms with van der Waals surface area (Å²) in [4.78, 5) is 11.8. The van der Waals surface area contributed by atoms with E-state index in [0.717, 1.165) is 9.79 Å². The molecule has 4 nitrogen and oxygen atoms in total. The van der Waals surface area contributed by atoms with Crippen LogP contribution in [0.5, 0.6) is 5.75 Å². The van der Waals surface area contributed by atoms with Gasteiger partial charge in [0.15, 0.2) is 0 Å². The highest BCUT2D eigenvalue weighted by molar-refractivity contribution is 7.99. The van der Waals surface area contributed by atoms with E-state index in [-0.39, 0.29) is 16.5 Å². The van der Waals surface area contributed by atoms with Crippen molar-refractivity contribution in [2.24, 2.45) is 0 Å². The predicted molar refractivity (Wildman–Crippen MR) is 70.3 cm³/mol. The van der Waals surface area contributed by atoms with Crippen molar-refractivity contribution in [3.05, 3.63) is 57.6 Å². The molecule has 0 radical (unpaired) electrons. The smallest absolute Gasteiger partial charge is 0.289 e. The minimum absolute atomic E-state index is 0.111. The van der Waals surface area contributed by atoms with Gasteiger partial charge in [0.1, 0.15) is 10.8 Å². The van der Waals surface area contributed by atoms with Crippen LogP contribution in [0.4, 0.5) is 5.69 Å². The summed E-state index contributed by atoms with van der Waals surface area (Å²) in [6, 6.07) is 11.2. The number of nitrogens with zero attached hydrogens (tertiary/aromatic N) is 1. The van der Waals surface area contributed by atoms with Crippen LogP contribution >= 0.6 is 23.4 Å². The van der Waals surface area contributed by atoms with E-state index in [1.165, 1.54) is 23.9 Å². The number of phenolic OH excluding ortho intramolecular Hbond substituents is 1. The molecule has 18 heavy (non-hydrogen) atoms. The van der Waals surface area contributed by atoms with Gasteiger partial charge < -0.3 is 5.11 Å². The number of nitro benzene ring substituents is 1. The second-order valence-electron chi connectivity index (χ2n) is 3.47. The van der Waals surface area contributed by atoms with Crippen LogP contribution in [-0.4, -0.2) is 10.0 Å². The maximum absolute atomic E-state index is 10.7. The Morgan fingerprint density at radius 2 is 1.72 bits per heavy atom. The summed E-state index contributed by atoms with van der Waals surface area (Å²) in [5.41, 5.74) is -0.111. The monoisotopic (exact) mass is 281 g/mol. The average molecular weight is 282 g/mol. The number of hydrogen-bond donors (Lipinski definition) is 1. The van der Waals surface area contributed by atoms with E-state index < -0.39 is 4.92 Å². The summed E-state index contributed by atoms with van der Waals surface area (Å²) in [5.74, 6) is 0.182. The number of benzene rings is 2. The van der Waals surface area contributed by atoms with Gasteiger partial charge in [0, 0.05) is 15.9 Å².